The third kappa shape index (κ3) is 2.08. The van der Waals surface area contributed by atoms with Crippen molar-refractivity contribution in [2.45, 2.75) is 5.92 Å². The minimum Gasteiger partial charge on any atom is -0.423 e. The van der Waals surface area contributed by atoms with Gasteiger partial charge in [0.25, 0.3) is 0 Å². The molecule has 3 aromatic rings. The fourth-order valence-corrected chi connectivity index (χ4v) is 2.34. The van der Waals surface area contributed by atoms with Crippen LogP contribution >= 0.6 is 0 Å². The molecule has 96 valence electrons. The average Bonchev–Trinajstić information content (AvgIpc) is 2.49. The molecule has 1 heterocycles. The number of fused-ring (bicyclic) bond motifs is 1. The van der Waals surface area contributed by atoms with E-state index in [1.54, 1.807) is 12.1 Å². The standard InChI is InChI=1S/C17H11NO2/c18-11-15(12-6-2-1-3-7-12)14-10-17(19)20-16-9-5-4-8-13(14)16/h1-10,15H/t15-/m1/s1. The summed E-state index contributed by atoms with van der Waals surface area (Å²) in [4.78, 5) is 11.7. The molecule has 0 aliphatic rings. The first-order valence-corrected chi connectivity index (χ1v) is 6.27. The molecule has 1 aromatic heterocycles. The third-order valence-electron chi connectivity index (χ3n) is 3.25. The van der Waals surface area contributed by atoms with E-state index < -0.39 is 11.5 Å². The molecule has 0 saturated heterocycles. The summed E-state index contributed by atoms with van der Waals surface area (Å²) < 4.78 is 5.17. The zero-order valence-corrected chi connectivity index (χ0v) is 10.6. The molecule has 20 heavy (non-hydrogen) atoms. The van der Waals surface area contributed by atoms with Crippen LogP contribution in [0.25, 0.3) is 11.0 Å². The Bertz CT molecular complexity index is 844. The lowest BCUT2D eigenvalue weighted by molar-refractivity contribution is 0.559. The van der Waals surface area contributed by atoms with Gasteiger partial charge in [0, 0.05) is 11.5 Å². The molecule has 0 aliphatic carbocycles. The van der Waals surface area contributed by atoms with Crippen molar-refractivity contribution in [3.05, 3.63) is 82.2 Å². The van der Waals surface area contributed by atoms with E-state index >= 15 is 0 Å². The van der Waals surface area contributed by atoms with Crippen LogP contribution in [0.1, 0.15) is 17.0 Å². The summed E-state index contributed by atoms with van der Waals surface area (Å²) in [6.45, 7) is 0. The summed E-state index contributed by atoms with van der Waals surface area (Å²) in [5.74, 6) is -0.481. The van der Waals surface area contributed by atoms with Gasteiger partial charge in [-0.05, 0) is 17.2 Å². The normalized spacial score (nSPS) is 11.9. The molecule has 0 bridgehead atoms. The average molecular weight is 261 g/mol. The van der Waals surface area contributed by atoms with E-state index in [9.17, 15) is 10.1 Å². The van der Waals surface area contributed by atoms with Gasteiger partial charge in [0.1, 0.15) is 5.58 Å². The number of hydrogen-bond acceptors (Lipinski definition) is 3. The van der Waals surface area contributed by atoms with E-state index in [4.69, 9.17) is 4.42 Å². The largest absolute Gasteiger partial charge is 0.423 e. The number of hydrogen-bond donors (Lipinski definition) is 0. The zero-order chi connectivity index (χ0) is 13.9. The quantitative estimate of drug-likeness (QED) is 0.664. The van der Waals surface area contributed by atoms with E-state index in [1.807, 2.05) is 42.5 Å². The van der Waals surface area contributed by atoms with Gasteiger partial charge in [0.2, 0.25) is 0 Å². The fraction of sp³-hybridized carbons (Fsp3) is 0.0588. The maximum atomic E-state index is 11.7. The predicted molar refractivity (Wildman–Crippen MR) is 76.4 cm³/mol. The van der Waals surface area contributed by atoms with Crippen LogP contribution in [-0.4, -0.2) is 0 Å². The van der Waals surface area contributed by atoms with E-state index in [2.05, 4.69) is 6.07 Å². The molecule has 0 radical (unpaired) electrons. The summed E-state index contributed by atoms with van der Waals surface area (Å²) >= 11 is 0. The molecular formula is C17H11NO2. The van der Waals surface area contributed by atoms with Crippen molar-refractivity contribution in [3.63, 3.8) is 0 Å². The first kappa shape index (κ1) is 12.2. The SMILES string of the molecule is N#C[C@H](c1ccccc1)c1cc(=O)oc2ccccc12. The second kappa shape index (κ2) is 5.02. The molecule has 3 nitrogen and oxygen atoms in total. The Morgan fingerprint density at radius 2 is 1.70 bits per heavy atom. The van der Waals surface area contributed by atoms with Crippen molar-refractivity contribution in [1.29, 1.82) is 5.26 Å². The van der Waals surface area contributed by atoms with Gasteiger partial charge in [-0.1, -0.05) is 48.5 Å². The van der Waals surface area contributed by atoms with Crippen molar-refractivity contribution in [2.75, 3.05) is 0 Å². The van der Waals surface area contributed by atoms with Gasteiger partial charge in [-0.15, -0.1) is 0 Å². The Morgan fingerprint density at radius 3 is 2.45 bits per heavy atom. The second-order valence-electron chi connectivity index (χ2n) is 4.49. The van der Waals surface area contributed by atoms with Gasteiger partial charge < -0.3 is 4.42 Å². The highest BCUT2D eigenvalue weighted by molar-refractivity contribution is 5.81. The van der Waals surface area contributed by atoms with Crippen molar-refractivity contribution < 1.29 is 4.42 Å². The molecule has 0 aliphatic heterocycles. The minimum atomic E-state index is -0.481. The molecule has 0 amide bonds. The Kier molecular flexibility index (Phi) is 3.06. The van der Waals surface area contributed by atoms with Gasteiger partial charge in [0.15, 0.2) is 0 Å². The van der Waals surface area contributed by atoms with Crippen LogP contribution < -0.4 is 5.63 Å². The van der Waals surface area contributed by atoms with Crippen LogP contribution in [0.3, 0.4) is 0 Å². The lowest BCUT2D eigenvalue weighted by Crippen LogP contribution is -2.05. The van der Waals surface area contributed by atoms with Crippen molar-refractivity contribution in [2.24, 2.45) is 0 Å². The Balaban J connectivity index is 2.28. The second-order valence-corrected chi connectivity index (χ2v) is 4.49. The molecular weight excluding hydrogens is 250 g/mol. The maximum absolute atomic E-state index is 11.7. The van der Waals surface area contributed by atoms with Gasteiger partial charge in [0.05, 0.1) is 12.0 Å². The molecule has 3 rings (SSSR count). The van der Waals surface area contributed by atoms with Crippen LogP contribution in [-0.2, 0) is 0 Å². The number of benzene rings is 2. The highest BCUT2D eigenvalue weighted by Gasteiger charge is 2.17. The van der Waals surface area contributed by atoms with Crippen LogP contribution in [0.4, 0.5) is 0 Å². The van der Waals surface area contributed by atoms with Crippen LogP contribution in [0.2, 0.25) is 0 Å². The van der Waals surface area contributed by atoms with Crippen molar-refractivity contribution in [1.82, 2.24) is 0 Å². The molecule has 0 N–H and O–H groups in total. The number of para-hydroxylation sites is 1. The van der Waals surface area contributed by atoms with Crippen LogP contribution in [0, 0.1) is 11.3 Å². The lowest BCUT2D eigenvalue weighted by Gasteiger charge is -2.11. The first-order chi connectivity index (χ1) is 9.79. The third-order valence-corrected chi connectivity index (χ3v) is 3.25. The molecule has 2 aromatic carbocycles. The van der Waals surface area contributed by atoms with Crippen molar-refractivity contribution >= 4 is 11.0 Å². The Labute approximate surface area is 115 Å². The van der Waals surface area contributed by atoms with E-state index in [1.165, 1.54) is 6.07 Å². The summed E-state index contributed by atoms with van der Waals surface area (Å²) in [6, 6.07) is 20.4. The molecule has 1 atom stereocenters. The smallest absolute Gasteiger partial charge is 0.336 e. The van der Waals surface area contributed by atoms with Gasteiger partial charge >= 0.3 is 5.63 Å². The summed E-state index contributed by atoms with van der Waals surface area (Å²) in [5, 5.41) is 10.3. The number of rotatable bonds is 2. The summed E-state index contributed by atoms with van der Waals surface area (Å²) in [5.41, 5.74) is 1.62. The van der Waals surface area contributed by atoms with E-state index in [0.29, 0.717) is 11.1 Å². The topological polar surface area (TPSA) is 54.0 Å². The maximum Gasteiger partial charge on any atom is 0.336 e. The molecule has 0 saturated carbocycles. The minimum absolute atomic E-state index is 0.435. The zero-order valence-electron chi connectivity index (χ0n) is 10.6. The number of nitriles is 1. The molecule has 0 unspecified atom stereocenters. The van der Waals surface area contributed by atoms with E-state index in [-0.39, 0.29) is 0 Å². The summed E-state index contributed by atoms with van der Waals surface area (Å²) in [7, 11) is 0. The molecule has 0 spiro atoms. The highest BCUT2D eigenvalue weighted by Crippen LogP contribution is 2.28. The predicted octanol–water partition coefficient (Wildman–Crippen LogP) is 3.45. The molecule has 3 heteroatoms. The lowest BCUT2D eigenvalue weighted by atomic mass is 9.91. The molecule has 0 fully saturated rings. The fourth-order valence-electron chi connectivity index (χ4n) is 2.34. The summed E-state index contributed by atoms with van der Waals surface area (Å²) in [6.07, 6.45) is 0. The Hall–Kier alpha value is -2.86. The monoisotopic (exact) mass is 261 g/mol. The van der Waals surface area contributed by atoms with Crippen LogP contribution in [0.15, 0.2) is 69.9 Å². The van der Waals surface area contributed by atoms with E-state index in [0.717, 1.165) is 10.9 Å². The van der Waals surface area contributed by atoms with Crippen molar-refractivity contribution in [3.8, 4) is 6.07 Å². The first-order valence-electron chi connectivity index (χ1n) is 6.27. The van der Waals surface area contributed by atoms with Gasteiger partial charge in [-0.25, -0.2) is 4.79 Å². The van der Waals surface area contributed by atoms with Gasteiger partial charge in [-0.3, -0.25) is 0 Å². The van der Waals surface area contributed by atoms with Gasteiger partial charge in [-0.2, -0.15) is 5.26 Å². The highest BCUT2D eigenvalue weighted by atomic mass is 16.4. The van der Waals surface area contributed by atoms with Crippen LogP contribution in [0.5, 0.6) is 0 Å². The Morgan fingerprint density at radius 1 is 1.00 bits per heavy atom. The number of nitrogens with zero attached hydrogens (tertiary/aromatic N) is 1.